The summed E-state index contributed by atoms with van der Waals surface area (Å²) in [5.74, 6) is -2.56. The van der Waals surface area contributed by atoms with Gasteiger partial charge in [-0.25, -0.2) is 8.78 Å². The molecular formula is C16H22F2O. The van der Waals surface area contributed by atoms with Crippen LogP contribution in [0.15, 0.2) is 24.3 Å². The average molecular weight is 268 g/mol. The Morgan fingerprint density at radius 2 is 2.00 bits per heavy atom. The molecule has 2 rings (SSSR count). The van der Waals surface area contributed by atoms with Crippen LogP contribution in [0.1, 0.15) is 56.3 Å². The van der Waals surface area contributed by atoms with Crippen molar-refractivity contribution < 1.29 is 13.9 Å². The number of benzene rings is 1. The van der Waals surface area contributed by atoms with Gasteiger partial charge in [0.2, 0.25) is 5.92 Å². The van der Waals surface area contributed by atoms with Gasteiger partial charge in [-0.1, -0.05) is 37.6 Å². The van der Waals surface area contributed by atoms with Crippen molar-refractivity contribution in [3.63, 3.8) is 0 Å². The van der Waals surface area contributed by atoms with Crippen LogP contribution in [0.2, 0.25) is 0 Å². The summed E-state index contributed by atoms with van der Waals surface area (Å²) in [5.41, 5.74) is 2.08. The number of hydrogen-bond acceptors (Lipinski definition) is 1. The molecule has 106 valence electrons. The van der Waals surface area contributed by atoms with Gasteiger partial charge < -0.3 is 5.11 Å². The van der Waals surface area contributed by atoms with Crippen LogP contribution in [0.25, 0.3) is 0 Å². The summed E-state index contributed by atoms with van der Waals surface area (Å²) in [6.45, 7) is 2.12. The molecule has 1 aliphatic carbocycles. The van der Waals surface area contributed by atoms with Crippen molar-refractivity contribution in [2.75, 3.05) is 0 Å². The fourth-order valence-corrected chi connectivity index (χ4v) is 2.87. The minimum absolute atomic E-state index is 0.0310. The molecule has 1 unspecified atom stereocenters. The second kappa shape index (κ2) is 6.00. The Labute approximate surface area is 113 Å². The molecular weight excluding hydrogens is 246 g/mol. The largest absolute Gasteiger partial charge is 0.388 e. The molecule has 1 aliphatic rings. The number of rotatable bonds is 4. The normalized spacial score (nSPS) is 21.3. The van der Waals surface area contributed by atoms with Crippen molar-refractivity contribution in [2.45, 2.75) is 57.5 Å². The first-order valence-corrected chi connectivity index (χ1v) is 7.16. The van der Waals surface area contributed by atoms with Crippen LogP contribution >= 0.6 is 0 Å². The van der Waals surface area contributed by atoms with E-state index in [0.717, 1.165) is 18.4 Å². The first-order chi connectivity index (χ1) is 9.02. The molecule has 0 spiro atoms. The molecule has 1 N–H and O–H groups in total. The van der Waals surface area contributed by atoms with Crippen LogP contribution in [0.5, 0.6) is 0 Å². The highest BCUT2D eigenvalue weighted by Gasteiger charge is 2.37. The molecule has 0 bridgehead atoms. The van der Waals surface area contributed by atoms with E-state index in [-0.39, 0.29) is 18.8 Å². The maximum absolute atomic E-state index is 13.1. The Kier molecular flexibility index (Phi) is 4.56. The summed E-state index contributed by atoms with van der Waals surface area (Å²) in [4.78, 5) is 0. The van der Waals surface area contributed by atoms with Crippen LogP contribution in [-0.2, 0) is 6.42 Å². The molecule has 0 amide bonds. The van der Waals surface area contributed by atoms with Crippen LogP contribution in [0.4, 0.5) is 8.78 Å². The SMILES string of the molecule is CCCc1cccc(C(O)C2CCC(F)(F)CC2)c1. The molecule has 1 nitrogen and oxygen atoms in total. The third kappa shape index (κ3) is 3.75. The minimum Gasteiger partial charge on any atom is -0.388 e. The van der Waals surface area contributed by atoms with E-state index in [9.17, 15) is 13.9 Å². The van der Waals surface area contributed by atoms with Crippen LogP contribution in [0, 0.1) is 5.92 Å². The van der Waals surface area contributed by atoms with E-state index in [4.69, 9.17) is 0 Å². The number of aryl methyl sites for hydroxylation is 1. The topological polar surface area (TPSA) is 20.2 Å². The number of halogens is 2. The molecule has 1 fully saturated rings. The standard InChI is InChI=1S/C16H22F2O/c1-2-4-12-5-3-6-14(11-12)15(19)13-7-9-16(17,18)10-8-13/h3,5-6,11,13,15,19H,2,4,7-10H2,1H3. The third-order valence-corrected chi connectivity index (χ3v) is 4.04. The summed E-state index contributed by atoms with van der Waals surface area (Å²) in [7, 11) is 0. The summed E-state index contributed by atoms with van der Waals surface area (Å²) >= 11 is 0. The van der Waals surface area contributed by atoms with Gasteiger partial charge in [0, 0.05) is 12.8 Å². The van der Waals surface area contributed by atoms with E-state index in [1.54, 1.807) is 0 Å². The smallest absolute Gasteiger partial charge is 0.248 e. The zero-order chi connectivity index (χ0) is 13.9. The van der Waals surface area contributed by atoms with Crippen molar-refractivity contribution >= 4 is 0 Å². The van der Waals surface area contributed by atoms with Crippen molar-refractivity contribution in [1.29, 1.82) is 0 Å². The van der Waals surface area contributed by atoms with Crippen molar-refractivity contribution in [3.8, 4) is 0 Å². The van der Waals surface area contributed by atoms with Gasteiger partial charge in [-0.2, -0.15) is 0 Å². The lowest BCUT2D eigenvalue weighted by molar-refractivity contribution is -0.0627. The van der Waals surface area contributed by atoms with Gasteiger partial charge in [-0.05, 0) is 36.3 Å². The second-order valence-electron chi connectivity index (χ2n) is 5.63. The maximum atomic E-state index is 13.1. The number of aliphatic hydroxyl groups is 1. The van der Waals surface area contributed by atoms with Gasteiger partial charge in [0.25, 0.3) is 0 Å². The van der Waals surface area contributed by atoms with Crippen LogP contribution < -0.4 is 0 Å². The minimum atomic E-state index is -2.53. The van der Waals surface area contributed by atoms with Gasteiger partial charge in [0.05, 0.1) is 6.10 Å². The fraction of sp³-hybridized carbons (Fsp3) is 0.625. The Bertz CT molecular complexity index is 407. The molecule has 0 aliphatic heterocycles. The number of alkyl halides is 2. The van der Waals surface area contributed by atoms with Gasteiger partial charge in [0.15, 0.2) is 0 Å². The quantitative estimate of drug-likeness (QED) is 0.852. The highest BCUT2D eigenvalue weighted by molar-refractivity contribution is 5.25. The van der Waals surface area contributed by atoms with Gasteiger partial charge in [-0.3, -0.25) is 0 Å². The lowest BCUT2D eigenvalue weighted by Gasteiger charge is -2.31. The molecule has 1 saturated carbocycles. The maximum Gasteiger partial charge on any atom is 0.248 e. The highest BCUT2D eigenvalue weighted by Crippen LogP contribution is 2.41. The number of aliphatic hydroxyl groups excluding tert-OH is 1. The Balaban J connectivity index is 2.03. The molecule has 1 aromatic carbocycles. The molecule has 1 atom stereocenters. The fourth-order valence-electron chi connectivity index (χ4n) is 2.87. The van der Waals surface area contributed by atoms with E-state index < -0.39 is 12.0 Å². The first-order valence-electron chi connectivity index (χ1n) is 7.16. The molecule has 0 heterocycles. The molecule has 0 saturated heterocycles. The molecule has 0 radical (unpaired) electrons. The summed E-state index contributed by atoms with van der Waals surface area (Å²) in [6.07, 6.45) is 2.08. The Hall–Kier alpha value is -0.960. The third-order valence-electron chi connectivity index (χ3n) is 4.04. The van der Waals surface area contributed by atoms with Crippen LogP contribution in [0.3, 0.4) is 0 Å². The van der Waals surface area contributed by atoms with E-state index in [1.807, 2.05) is 18.2 Å². The van der Waals surface area contributed by atoms with E-state index in [1.165, 1.54) is 5.56 Å². The monoisotopic (exact) mass is 268 g/mol. The predicted molar refractivity (Wildman–Crippen MR) is 72.3 cm³/mol. The summed E-state index contributed by atoms with van der Waals surface area (Å²) < 4.78 is 26.3. The van der Waals surface area contributed by atoms with E-state index >= 15 is 0 Å². The number of hydrogen-bond donors (Lipinski definition) is 1. The van der Waals surface area contributed by atoms with Crippen LogP contribution in [-0.4, -0.2) is 11.0 Å². The van der Waals surface area contributed by atoms with E-state index in [0.29, 0.717) is 12.8 Å². The average Bonchev–Trinajstić information content (AvgIpc) is 2.39. The van der Waals surface area contributed by atoms with Crippen molar-refractivity contribution in [2.24, 2.45) is 5.92 Å². The summed E-state index contributed by atoms with van der Waals surface area (Å²) in [6, 6.07) is 7.91. The zero-order valence-corrected chi connectivity index (χ0v) is 11.4. The van der Waals surface area contributed by atoms with Crippen molar-refractivity contribution in [3.05, 3.63) is 35.4 Å². The lowest BCUT2D eigenvalue weighted by Crippen LogP contribution is -2.27. The summed E-state index contributed by atoms with van der Waals surface area (Å²) in [5, 5.41) is 10.4. The highest BCUT2D eigenvalue weighted by atomic mass is 19.3. The Morgan fingerprint density at radius 3 is 2.63 bits per heavy atom. The van der Waals surface area contributed by atoms with Gasteiger partial charge in [-0.15, -0.1) is 0 Å². The van der Waals surface area contributed by atoms with E-state index in [2.05, 4.69) is 13.0 Å². The molecule has 1 aromatic rings. The van der Waals surface area contributed by atoms with Crippen molar-refractivity contribution in [1.82, 2.24) is 0 Å². The lowest BCUT2D eigenvalue weighted by atomic mass is 9.81. The predicted octanol–water partition coefficient (Wildman–Crippen LogP) is 4.50. The van der Waals surface area contributed by atoms with Gasteiger partial charge >= 0.3 is 0 Å². The van der Waals surface area contributed by atoms with Gasteiger partial charge in [0.1, 0.15) is 0 Å². The molecule has 19 heavy (non-hydrogen) atoms. The molecule has 0 aromatic heterocycles. The second-order valence-corrected chi connectivity index (χ2v) is 5.63. The Morgan fingerprint density at radius 1 is 1.32 bits per heavy atom. The zero-order valence-electron chi connectivity index (χ0n) is 11.4. The first kappa shape index (κ1) is 14.4. The molecule has 3 heteroatoms.